The number of para-hydroxylation sites is 4. The van der Waals surface area contributed by atoms with Gasteiger partial charge in [-0.3, -0.25) is 14.9 Å². The Morgan fingerprint density at radius 3 is 2.48 bits per heavy atom. The van der Waals surface area contributed by atoms with Crippen molar-refractivity contribution in [2.75, 3.05) is 17.2 Å². The molecule has 2 aromatic rings. The molecule has 0 atom stereocenters. The largest absolute Gasteiger partial charge is 0.488 e. The average molecular weight is 369 g/mol. The summed E-state index contributed by atoms with van der Waals surface area (Å²) in [6.45, 7) is 0.294. The maximum atomic E-state index is 12.3. The number of carbonyl (C=O) groups is 1. The lowest BCUT2D eigenvalue weighted by Crippen LogP contribution is -2.18. The molecule has 3 rings (SSSR count). The Kier molecular flexibility index (Phi) is 6.25. The fourth-order valence-corrected chi connectivity index (χ4v) is 3.16. The van der Waals surface area contributed by atoms with Gasteiger partial charge in [-0.1, -0.05) is 24.3 Å². The Labute approximate surface area is 157 Å². The SMILES string of the molecule is O=C(CCNc1ccccc1[N+](=O)[O-])Nc1ccccc1OC1CCCC1. The first-order chi connectivity index (χ1) is 13.1. The molecule has 0 unspecified atom stereocenters. The lowest BCUT2D eigenvalue weighted by molar-refractivity contribution is -0.384. The Morgan fingerprint density at radius 1 is 1.07 bits per heavy atom. The van der Waals surface area contributed by atoms with Gasteiger partial charge in [-0.25, -0.2) is 0 Å². The molecular weight excluding hydrogens is 346 g/mol. The quantitative estimate of drug-likeness (QED) is 0.533. The number of nitrogens with zero attached hydrogens (tertiary/aromatic N) is 1. The second-order valence-electron chi connectivity index (χ2n) is 6.52. The number of nitro benzene ring substituents is 1. The van der Waals surface area contributed by atoms with Crippen molar-refractivity contribution < 1.29 is 14.5 Å². The third-order valence-electron chi connectivity index (χ3n) is 4.53. The van der Waals surface area contributed by atoms with E-state index in [1.54, 1.807) is 18.2 Å². The van der Waals surface area contributed by atoms with E-state index in [4.69, 9.17) is 4.74 Å². The lowest BCUT2D eigenvalue weighted by Gasteiger charge is -2.17. The first-order valence-corrected chi connectivity index (χ1v) is 9.16. The average Bonchev–Trinajstić information content (AvgIpc) is 3.17. The van der Waals surface area contributed by atoms with Gasteiger partial charge < -0.3 is 15.4 Å². The number of hydrogen-bond donors (Lipinski definition) is 2. The van der Waals surface area contributed by atoms with Gasteiger partial charge in [-0.05, 0) is 43.9 Å². The summed E-state index contributed by atoms with van der Waals surface area (Å²) in [6, 6.07) is 13.8. The van der Waals surface area contributed by atoms with Gasteiger partial charge in [0.25, 0.3) is 5.69 Å². The van der Waals surface area contributed by atoms with Crippen LogP contribution >= 0.6 is 0 Å². The van der Waals surface area contributed by atoms with E-state index >= 15 is 0 Å². The van der Waals surface area contributed by atoms with Crippen molar-refractivity contribution in [1.82, 2.24) is 0 Å². The Bertz CT molecular complexity index is 803. The van der Waals surface area contributed by atoms with Crippen LogP contribution in [0.5, 0.6) is 5.75 Å². The number of anilines is 2. The minimum absolute atomic E-state index is 0.00628. The van der Waals surface area contributed by atoms with Crippen LogP contribution in [0.4, 0.5) is 17.1 Å². The zero-order valence-corrected chi connectivity index (χ0v) is 15.0. The summed E-state index contributed by atoms with van der Waals surface area (Å²) in [5.74, 6) is 0.507. The van der Waals surface area contributed by atoms with Gasteiger partial charge in [0.1, 0.15) is 11.4 Å². The summed E-state index contributed by atoms with van der Waals surface area (Å²) in [4.78, 5) is 22.8. The van der Waals surface area contributed by atoms with Crippen LogP contribution in [-0.2, 0) is 4.79 Å². The van der Waals surface area contributed by atoms with E-state index in [0.29, 0.717) is 23.7 Å². The molecule has 0 saturated heterocycles. The highest BCUT2D eigenvalue weighted by Gasteiger charge is 2.18. The van der Waals surface area contributed by atoms with Gasteiger partial charge in [0, 0.05) is 19.0 Å². The summed E-state index contributed by atoms with van der Waals surface area (Å²) in [7, 11) is 0. The maximum absolute atomic E-state index is 12.3. The summed E-state index contributed by atoms with van der Waals surface area (Å²) < 4.78 is 6.02. The van der Waals surface area contributed by atoms with Crippen molar-refractivity contribution in [3.8, 4) is 5.75 Å². The van der Waals surface area contributed by atoms with Gasteiger partial charge >= 0.3 is 0 Å². The monoisotopic (exact) mass is 369 g/mol. The summed E-state index contributed by atoms with van der Waals surface area (Å²) in [5.41, 5.74) is 1.05. The maximum Gasteiger partial charge on any atom is 0.292 e. The van der Waals surface area contributed by atoms with Crippen molar-refractivity contribution in [2.24, 2.45) is 0 Å². The minimum atomic E-state index is -0.445. The van der Waals surface area contributed by atoms with Gasteiger partial charge in [-0.2, -0.15) is 0 Å². The van der Waals surface area contributed by atoms with E-state index < -0.39 is 4.92 Å². The molecule has 0 heterocycles. The first kappa shape index (κ1) is 18.7. The van der Waals surface area contributed by atoms with Gasteiger partial charge in [0.05, 0.1) is 16.7 Å². The van der Waals surface area contributed by atoms with Crippen molar-refractivity contribution in [3.63, 3.8) is 0 Å². The van der Waals surface area contributed by atoms with Crippen molar-refractivity contribution in [3.05, 3.63) is 58.6 Å². The van der Waals surface area contributed by atoms with Crippen molar-refractivity contribution in [1.29, 1.82) is 0 Å². The molecule has 1 aliphatic rings. The summed E-state index contributed by atoms with van der Waals surface area (Å²) in [5, 5.41) is 16.8. The van der Waals surface area contributed by atoms with E-state index in [9.17, 15) is 14.9 Å². The predicted octanol–water partition coefficient (Wildman–Crippen LogP) is 4.36. The van der Waals surface area contributed by atoms with Crippen LogP contribution in [0.3, 0.4) is 0 Å². The van der Waals surface area contributed by atoms with Gasteiger partial charge in [0.2, 0.25) is 5.91 Å². The van der Waals surface area contributed by atoms with Gasteiger partial charge in [-0.15, -0.1) is 0 Å². The normalized spacial score (nSPS) is 13.9. The molecule has 1 fully saturated rings. The molecule has 0 aliphatic heterocycles. The standard InChI is InChI=1S/C20H23N3O4/c24-20(13-14-21-16-9-3-5-11-18(16)23(25)26)22-17-10-4-6-12-19(17)27-15-7-1-2-8-15/h3-6,9-12,15,21H,1-2,7-8,13-14H2,(H,22,24). The van der Waals surface area contributed by atoms with Gasteiger partial charge in [0.15, 0.2) is 0 Å². The molecule has 1 saturated carbocycles. The van der Waals surface area contributed by atoms with E-state index in [1.807, 2.05) is 24.3 Å². The lowest BCUT2D eigenvalue weighted by atomic mass is 10.2. The Balaban J connectivity index is 1.53. The number of nitrogens with one attached hydrogen (secondary N) is 2. The summed E-state index contributed by atoms with van der Waals surface area (Å²) in [6.07, 6.45) is 4.84. The number of ether oxygens (including phenoxy) is 1. The molecule has 7 heteroatoms. The Morgan fingerprint density at radius 2 is 1.74 bits per heavy atom. The molecule has 142 valence electrons. The molecule has 0 radical (unpaired) electrons. The second kappa shape index (κ2) is 9.02. The minimum Gasteiger partial charge on any atom is -0.488 e. The molecule has 1 aliphatic carbocycles. The van der Waals surface area contributed by atoms with E-state index in [0.717, 1.165) is 12.8 Å². The number of nitro groups is 1. The smallest absolute Gasteiger partial charge is 0.292 e. The third kappa shape index (κ3) is 5.20. The van der Waals surface area contributed by atoms with Crippen molar-refractivity contribution >= 4 is 23.0 Å². The molecule has 0 aromatic heterocycles. The molecule has 27 heavy (non-hydrogen) atoms. The predicted molar refractivity (Wildman–Crippen MR) is 104 cm³/mol. The molecular formula is C20H23N3O4. The zero-order chi connectivity index (χ0) is 19.1. The zero-order valence-electron chi connectivity index (χ0n) is 15.0. The van der Waals surface area contributed by atoms with Crippen LogP contribution in [-0.4, -0.2) is 23.5 Å². The van der Waals surface area contributed by atoms with Crippen molar-refractivity contribution in [2.45, 2.75) is 38.2 Å². The fraction of sp³-hybridized carbons (Fsp3) is 0.350. The van der Waals surface area contributed by atoms with E-state index in [2.05, 4.69) is 10.6 Å². The van der Waals surface area contributed by atoms with E-state index in [-0.39, 0.29) is 24.1 Å². The highest BCUT2D eigenvalue weighted by molar-refractivity contribution is 5.92. The highest BCUT2D eigenvalue weighted by Crippen LogP contribution is 2.30. The van der Waals surface area contributed by atoms with Crippen LogP contribution in [0.2, 0.25) is 0 Å². The van der Waals surface area contributed by atoms with Crippen LogP contribution in [0.1, 0.15) is 32.1 Å². The number of benzene rings is 2. The topological polar surface area (TPSA) is 93.5 Å². The molecule has 1 amide bonds. The highest BCUT2D eigenvalue weighted by atomic mass is 16.6. The molecule has 2 aromatic carbocycles. The third-order valence-corrected chi connectivity index (χ3v) is 4.53. The first-order valence-electron chi connectivity index (χ1n) is 9.16. The number of rotatable bonds is 8. The summed E-state index contributed by atoms with van der Waals surface area (Å²) >= 11 is 0. The van der Waals surface area contributed by atoms with Crippen LogP contribution in [0, 0.1) is 10.1 Å². The molecule has 2 N–H and O–H groups in total. The second-order valence-corrected chi connectivity index (χ2v) is 6.52. The Hall–Kier alpha value is -3.09. The van der Waals surface area contributed by atoms with Crippen LogP contribution < -0.4 is 15.4 Å². The molecule has 0 bridgehead atoms. The van der Waals surface area contributed by atoms with Crippen LogP contribution in [0.15, 0.2) is 48.5 Å². The molecule has 0 spiro atoms. The number of carbonyl (C=O) groups excluding carboxylic acids is 1. The van der Waals surface area contributed by atoms with Crippen LogP contribution in [0.25, 0.3) is 0 Å². The number of amides is 1. The van der Waals surface area contributed by atoms with E-state index in [1.165, 1.54) is 18.9 Å². The number of hydrogen-bond acceptors (Lipinski definition) is 5. The molecule has 7 nitrogen and oxygen atoms in total. The fourth-order valence-electron chi connectivity index (χ4n) is 3.16.